The van der Waals surface area contributed by atoms with Crippen molar-refractivity contribution >= 4 is 17.5 Å². The molecule has 8 heteroatoms. The number of carbonyl (C=O) groups excluding carboxylic acids is 2. The summed E-state index contributed by atoms with van der Waals surface area (Å²) in [6, 6.07) is 4.44. The van der Waals surface area contributed by atoms with Crippen LogP contribution in [0.15, 0.2) is 18.2 Å². The first-order chi connectivity index (χ1) is 12.2. The number of nitrogens with one attached hydrogen (secondary N) is 3. The van der Waals surface area contributed by atoms with Crippen LogP contribution < -0.4 is 16.0 Å². The molecule has 144 valence electrons. The summed E-state index contributed by atoms with van der Waals surface area (Å²) < 4.78 is 36.6. The maximum Gasteiger partial charge on any atom is 0.405 e. The summed E-state index contributed by atoms with van der Waals surface area (Å²) in [6.07, 6.45) is -1.17. The molecule has 0 aromatic heterocycles. The number of aryl methyl sites for hydroxylation is 1. The van der Waals surface area contributed by atoms with Gasteiger partial charge in [0.05, 0.1) is 0 Å². The Labute approximate surface area is 150 Å². The molecule has 1 aliphatic rings. The van der Waals surface area contributed by atoms with Crippen LogP contribution in [0.5, 0.6) is 0 Å². The fourth-order valence-corrected chi connectivity index (χ4v) is 2.90. The van der Waals surface area contributed by atoms with Crippen LogP contribution in [0.2, 0.25) is 0 Å². The number of alkyl halides is 3. The molecule has 5 nitrogen and oxygen atoms in total. The number of halogens is 3. The zero-order chi connectivity index (χ0) is 19.2. The van der Waals surface area contributed by atoms with Crippen LogP contribution in [-0.4, -0.2) is 37.6 Å². The Morgan fingerprint density at radius 2 is 1.92 bits per heavy atom. The van der Waals surface area contributed by atoms with E-state index in [0.29, 0.717) is 18.0 Å². The first kappa shape index (κ1) is 20.2. The molecular weight excluding hydrogens is 347 g/mol. The van der Waals surface area contributed by atoms with Crippen LogP contribution in [0.4, 0.5) is 18.9 Å². The van der Waals surface area contributed by atoms with Crippen molar-refractivity contribution in [2.75, 3.05) is 25.0 Å². The highest BCUT2D eigenvalue weighted by Gasteiger charge is 2.28. The average molecular weight is 371 g/mol. The van der Waals surface area contributed by atoms with E-state index < -0.39 is 18.6 Å². The lowest BCUT2D eigenvalue weighted by Gasteiger charge is -2.22. The monoisotopic (exact) mass is 371 g/mol. The van der Waals surface area contributed by atoms with Crippen LogP contribution in [0, 0.1) is 12.8 Å². The second-order valence-electron chi connectivity index (χ2n) is 6.61. The lowest BCUT2D eigenvalue weighted by molar-refractivity contribution is -0.123. The van der Waals surface area contributed by atoms with Crippen molar-refractivity contribution in [3.8, 4) is 0 Å². The first-order valence-corrected chi connectivity index (χ1v) is 8.71. The van der Waals surface area contributed by atoms with Crippen molar-refractivity contribution < 1.29 is 22.8 Å². The highest BCUT2D eigenvalue weighted by atomic mass is 19.4. The first-order valence-electron chi connectivity index (χ1n) is 8.71. The van der Waals surface area contributed by atoms with Gasteiger partial charge in [0.25, 0.3) is 5.91 Å². The predicted molar refractivity (Wildman–Crippen MR) is 93.0 cm³/mol. The number of anilines is 1. The molecule has 2 amide bonds. The van der Waals surface area contributed by atoms with Crippen LogP contribution in [-0.2, 0) is 4.79 Å². The molecule has 0 saturated carbocycles. The van der Waals surface area contributed by atoms with Crippen molar-refractivity contribution in [2.24, 2.45) is 5.92 Å². The van der Waals surface area contributed by atoms with E-state index in [2.05, 4.69) is 10.6 Å². The standard InChI is InChI=1S/C18H24F3N3O2/c1-12-2-4-14(17(26)23-11-18(19,20)21)10-15(12)24-16(25)5-3-13-6-8-22-9-7-13/h2,4,10,13,22H,3,5-9,11H2,1H3,(H,23,26)(H,24,25). The van der Waals surface area contributed by atoms with Gasteiger partial charge >= 0.3 is 6.18 Å². The molecule has 26 heavy (non-hydrogen) atoms. The van der Waals surface area contributed by atoms with Crippen LogP contribution in [0.3, 0.4) is 0 Å². The van der Waals surface area contributed by atoms with Gasteiger partial charge in [-0.2, -0.15) is 13.2 Å². The topological polar surface area (TPSA) is 70.2 Å². The zero-order valence-electron chi connectivity index (χ0n) is 14.7. The molecule has 0 spiro atoms. The van der Waals surface area contributed by atoms with E-state index in [1.54, 1.807) is 13.0 Å². The maximum absolute atomic E-state index is 12.2. The van der Waals surface area contributed by atoms with E-state index in [4.69, 9.17) is 0 Å². The molecule has 2 rings (SSSR count). The number of rotatable bonds is 6. The summed E-state index contributed by atoms with van der Waals surface area (Å²) in [5, 5.41) is 7.86. The number of hydrogen-bond acceptors (Lipinski definition) is 3. The summed E-state index contributed by atoms with van der Waals surface area (Å²) in [5.41, 5.74) is 1.26. The molecule has 1 heterocycles. The van der Waals surface area contributed by atoms with Gasteiger partial charge in [-0.3, -0.25) is 9.59 Å². The summed E-state index contributed by atoms with van der Waals surface area (Å²) in [4.78, 5) is 24.0. The lowest BCUT2D eigenvalue weighted by Crippen LogP contribution is -2.33. The fourth-order valence-electron chi connectivity index (χ4n) is 2.90. The van der Waals surface area contributed by atoms with Gasteiger partial charge in [-0.15, -0.1) is 0 Å². The molecule has 0 radical (unpaired) electrons. The van der Waals surface area contributed by atoms with Crippen molar-refractivity contribution in [3.05, 3.63) is 29.3 Å². The number of hydrogen-bond donors (Lipinski definition) is 3. The second-order valence-corrected chi connectivity index (χ2v) is 6.61. The van der Waals surface area contributed by atoms with Crippen LogP contribution >= 0.6 is 0 Å². The normalized spacial score (nSPS) is 15.5. The molecule has 0 aliphatic carbocycles. The smallest absolute Gasteiger partial charge is 0.343 e. The number of benzene rings is 1. The average Bonchev–Trinajstić information content (AvgIpc) is 2.60. The highest BCUT2D eigenvalue weighted by molar-refractivity contribution is 5.97. The van der Waals surface area contributed by atoms with Gasteiger partial charge in [-0.25, -0.2) is 0 Å². The molecule has 0 bridgehead atoms. The fraction of sp³-hybridized carbons (Fsp3) is 0.556. The third-order valence-corrected chi connectivity index (χ3v) is 4.46. The molecule has 1 aromatic rings. The zero-order valence-corrected chi connectivity index (χ0v) is 14.7. The van der Waals surface area contributed by atoms with E-state index in [1.807, 2.05) is 5.32 Å². The van der Waals surface area contributed by atoms with E-state index in [-0.39, 0.29) is 11.5 Å². The van der Waals surface area contributed by atoms with E-state index in [0.717, 1.165) is 37.9 Å². The number of amides is 2. The number of carbonyl (C=O) groups is 2. The van der Waals surface area contributed by atoms with E-state index >= 15 is 0 Å². The predicted octanol–water partition coefficient (Wildman–Crippen LogP) is 3.01. The summed E-state index contributed by atoms with van der Waals surface area (Å²) in [6.45, 7) is 2.32. The van der Waals surface area contributed by atoms with Crippen molar-refractivity contribution in [2.45, 2.75) is 38.8 Å². The van der Waals surface area contributed by atoms with E-state index in [9.17, 15) is 22.8 Å². The quantitative estimate of drug-likeness (QED) is 0.720. The third-order valence-electron chi connectivity index (χ3n) is 4.46. The van der Waals surface area contributed by atoms with Gasteiger partial charge in [0.15, 0.2) is 0 Å². The molecule has 1 aliphatic heterocycles. The molecule has 0 unspecified atom stereocenters. The second kappa shape index (κ2) is 9.02. The summed E-state index contributed by atoms with van der Waals surface area (Å²) in [7, 11) is 0. The minimum atomic E-state index is -4.47. The van der Waals surface area contributed by atoms with Gasteiger partial charge in [-0.05, 0) is 62.9 Å². The molecule has 1 saturated heterocycles. The summed E-state index contributed by atoms with van der Waals surface area (Å²) in [5.74, 6) is -0.449. The van der Waals surface area contributed by atoms with Crippen molar-refractivity contribution in [3.63, 3.8) is 0 Å². The Balaban J connectivity index is 1.91. The Morgan fingerprint density at radius 1 is 1.23 bits per heavy atom. The molecule has 1 fully saturated rings. The largest absolute Gasteiger partial charge is 0.405 e. The van der Waals surface area contributed by atoms with Crippen molar-refractivity contribution in [1.82, 2.24) is 10.6 Å². The van der Waals surface area contributed by atoms with Crippen LogP contribution in [0.1, 0.15) is 41.6 Å². The lowest BCUT2D eigenvalue weighted by atomic mass is 9.93. The Bertz CT molecular complexity index is 641. The van der Waals surface area contributed by atoms with Gasteiger partial charge in [0.1, 0.15) is 6.54 Å². The van der Waals surface area contributed by atoms with Gasteiger partial charge in [-0.1, -0.05) is 6.07 Å². The highest BCUT2D eigenvalue weighted by Crippen LogP contribution is 2.21. The third kappa shape index (κ3) is 6.67. The van der Waals surface area contributed by atoms with Gasteiger partial charge < -0.3 is 16.0 Å². The summed E-state index contributed by atoms with van der Waals surface area (Å²) >= 11 is 0. The van der Waals surface area contributed by atoms with Gasteiger partial charge in [0.2, 0.25) is 5.91 Å². The minimum absolute atomic E-state index is 0.0773. The maximum atomic E-state index is 12.2. The SMILES string of the molecule is Cc1ccc(C(=O)NCC(F)(F)F)cc1NC(=O)CCC1CCNCC1. The molecule has 0 atom stereocenters. The van der Waals surface area contributed by atoms with E-state index in [1.165, 1.54) is 12.1 Å². The molecule has 1 aromatic carbocycles. The molecule has 3 N–H and O–H groups in total. The van der Waals surface area contributed by atoms with Crippen molar-refractivity contribution in [1.29, 1.82) is 0 Å². The molecular formula is C18H24F3N3O2. The minimum Gasteiger partial charge on any atom is -0.343 e. The Kier molecular flexibility index (Phi) is 7.02. The Morgan fingerprint density at radius 3 is 2.58 bits per heavy atom. The van der Waals surface area contributed by atoms with Gasteiger partial charge in [0, 0.05) is 17.7 Å². The van der Waals surface area contributed by atoms with Crippen LogP contribution in [0.25, 0.3) is 0 Å². The number of piperidine rings is 1. The Hall–Kier alpha value is -2.09.